The molecule has 0 heteroatoms. The van der Waals surface area contributed by atoms with E-state index in [4.69, 9.17) is 0 Å². The van der Waals surface area contributed by atoms with Crippen LogP contribution in [0.15, 0.2) is 30.3 Å². The summed E-state index contributed by atoms with van der Waals surface area (Å²) in [7, 11) is 0. The molecule has 0 N–H and O–H groups in total. The maximum Gasteiger partial charge on any atom is -0.00441 e. The third kappa shape index (κ3) is 2.26. The van der Waals surface area contributed by atoms with E-state index < -0.39 is 0 Å². The van der Waals surface area contributed by atoms with Crippen molar-refractivity contribution in [3.05, 3.63) is 41.5 Å². The van der Waals surface area contributed by atoms with Crippen molar-refractivity contribution in [3.8, 4) is 0 Å². The highest BCUT2D eigenvalue weighted by molar-refractivity contribution is 5.75. The van der Waals surface area contributed by atoms with Crippen LogP contribution in [0.5, 0.6) is 0 Å². The molecular weight excluding hydrogens is 228 g/mol. The number of hydrogen-bond acceptors (Lipinski definition) is 0. The van der Waals surface area contributed by atoms with E-state index in [0.29, 0.717) is 11.3 Å². The first-order valence-corrected chi connectivity index (χ1v) is 8.06. The Hall–Kier alpha value is -1.04. The van der Waals surface area contributed by atoms with Gasteiger partial charge in [0.15, 0.2) is 0 Å². The molecule has 102 valence electrons. The summed E-state index contributed by atoms with van der Waals surface area (Å²) in [4.78, 5) is 0. The van der Waals surface area contributed by atoms with Crippen molar-refractivity contribution >= 4 is 5.57 Å². The summed E-state index contributed by atoms with van der Waals surface area (Å²) in [6, 6.07) is 9.13. The average molecular weight is 254 g/mol. The topological polar surface area (TPSA) is 0 Å². The molecule has 0 aromatic heterocycles. The van der Waals surface area contributed by atoms with Crippen molar-refractivity contribution in [2.45, 2.75) is 58.8 Å². The van der Waals surface area contributed by atoms with Gasteiger partial charge in [-0.1, -0.05) is 63.5 Å². The van der Waals surface area contributed by atoms with Crippen LogP contribution in [0.4, 0.5) is 0 Å². The largest absolute Gasteiger partial charge is 0.0770 e. The standard InChI is InChI=1S/C19H26/c1-3-10-19(11-6-7-12-19)18-14-15(2)13-16-8-4-5-9-17(16)18/h4-5,8-9,14-15H,3,6-7,10-13H2,1-2H3. The van der Waals surface area contributed by atoms with Crippen LogP contribution < -0.4 is 0 Å². The fourth-order valence-electron chi connectivity index (χ4n) is 4.39. The van der Waals surface area contributed by atoms with E-state index in [2.05, 4.69) is 44.2 Å². The fraction of sp³-hybridized carbons (Fsp3) is 0.579. The van der Waals surface area contributed by atoms with Crippen molar-refractivity contribution in [1.82, 2.24) is 0 Å². The third-order valence-electron chi connectivity index (χ3n) is 5.16. The third-order valence-corrected chi connectivity index (χ3v) is 5.16. The second kappa shape index (κ2) is 5.15. The van der Waals surface area contributed by atoms with Crippen LogP contribution >= 0.6 is 0 Å². The van der Waals surface area contributed by atoms with Gasteiger partial charge in [0.1, 0.15) is 0 Å². The quantitative estimate of drug-likeness (QED) is 0.656. The van der Waals surface area contributed by atoms with Crippen molar-refractivity contribution < 1.29 is 0 Å². The molecule has 19 heavy (non-hydrogen) atoms. The van der Waals surface area contributed by atoms with Crippen molar-refractivity contribution in [2.24, 2.45) is 11.3 Å². The molecule has 0 aliphatic heterocycles. The second-order valence-corrected chi connectivity index (χ2v) is 6.66. The number of fused-ring (bicyclic) bond motifs is 1. The summed E-state index contributed by atoms with van der Waals surface area (Å²) in [5, 5.41) is 0. The van der Waals surface area contributed by atoms with E-state index in [1.54, 1.807) is 16.7 Å². The Morgan fingerprint density at radius 1 is 1.16 bits per heavy atom. The summed E-state index contributed by atoms with van der Waals surface area (Å²) in [6.45, 7) is 4.73. The van der Waals surface area contributed by atoms with Crippen LogP contribution in [0.2, 0.25) is 0 Å². The van der Waals surface area contributed by atoms with Gasteiger partial charge in [-0.3, -0.25) is 0 Å². The van der Waals surface area contributed by atoms with Gasteiger partial charge in [0.05, 0.1) is 0 Å². The molecular formula is C19H26. The molecule has 0 heterocycles. The maximum atomic E-state index is 2.60. The van der Waals surface area contributed by atoms with Crippen LogP contribution in [0, 0.1) is 11.3 Å². The Bertz CT molecular complexity index is 475. The zero-order chi connectivity index (χ0) is 13.3. The summed E-state index contributed by atoms with van der Waals surface area (Å²) < 4.78 is 0. The monoisotopic (exact) mass is 254 g/mol. The van der Waals surface area contributed by atoms with Crippen molar-refractivity contribution in [3.63, 3.8) is 0 Å². The Morgan fingerprint density at radius 2 is 1.89 bits per heavy atom. The Morgan fingerprint density at radius 3 is 2.63 bits per heavy atom. The van der Waals surface area contributed by atoms with Gasteiger partial charge >= 0.3 is 0 Å². The number of allylic oxidation sites excluding steroid dienone is 2. The van der Waals surface area contributed by atoms with E-state index in [9.17, 15) is 0 Å². The Labute approximate surface area is 117 Å². The molecule has 0 bridgehead atoms. The minimum absolute atomic E-state index is 0.500. The van der Waals surface area contributed by atoms with Gasteiger partial charge in [-0.25, -0.2) is 0 Å². The molecule has 0 radical (unpaired) electrons. The minimum Gasteiger partial charge on any atom is -0.0770 e. The first-order valence-electron chi connectivity index (χ1n) is 8.06. The lowest BCUT2D eigenvalue weighted by molar-refractivity contribution is 0.372. The molecule has 2 aliphatic carbocycles. The molecule has 2 aliphatic rings. The summed E-state index contributed by atoms with van der Waals surface area (Å²) in [6.07, 6.45) is 12.2. The van der Waals surface area contributed by atoms with Gasteiger partial charge < -0.3 is 0 Å². The molecule has 1 aromatic carbocycles. The Balaban J connectivity index is 2.06. The lowest BCUT2D eigenvalue weighted by Crippen LogP contribution is -2.22. The second-order valence-electron chi connectivity index (χ2n) is 6.66. The molecule has 0 saturated heterocycles. The zero-order valence-corrected chi connectivity index (χ0v) is 12.4. The predicted molar refractivity (Wildman–Crippen MR) is 83.1 cm³/mol. The van der Waals surface area contributed by atoms with Gasteiger partial charge in [0.2, 0.25) is 0 Å². The van der Waals surface area contributed by atoms with Crippen LogP contribution in [-0.4, -0.2) is 0 Å². The summed E-state index contributed by atoms with van der Waals surface area (Å²) >= 11 is 0. The number of rotatable bonds is 3. The SMILES string of the molecule is CCCC1(C2=CC(C)Cc3ccccc32)CCCC1. The van der Waals surface area contributed by atoms with Gasteiger partial charge in [-0.2, -0.15) is 0 Å². The van der Waals surface area contributed by atoms with Gasteiger partial charge in [0.25, 0.3) is 0 Å². The van der Waals surface area contributed by atoms with E-state index in [-0.39, 0.29) is 0 Å². The van der Waals surface area contributed by atoms with E-state index in [1.807, 2.05) is 0 Å². The highest BCUT2D eigenvalue weighted by Crippen LogP contribution is 2.53. The molecule has 1 atom stereocenters. The molecule has 3 rings (SSSR count). The summed E-state index contributed by atoms with van der Waals surface area (Å²) in [5.74, 6) is 0.708. The van der Waals surface area contributed by atoms with E-state index in [0.717, 1.165) is 0 Å². The average Bonchev–Trinajstić information content (AvgIpc) is 2.88. The van der Waals surface area contributed by atoms with Crippen molar-refractivity contribution in [2.75, 3.05) is 0 Å². The molecule has 0 amide bonds. The molecule has 1 unspecified atom stereocenters. The molecule has 1 fully saturated rings. The normalized spacial score (nSPS) is 24.9. The predicted octanol–water partition coefficient (Wildman–Crippen LogP) is 5.62. The molecule has 1 saturated carbocycles. The first kappa shape index (κ1) is 13.0. The van der Waals surface area contributed by atoms with Crippen LogP contribution in [0.3, 0.4) is 0 Å². The molecule has 0 spiro atoms. The fourth-order valence-corrected chi connectivity index (χ4v) is 4.39. The number of hydrogen-bond donors (Lipinski definition) is 0. The maximum absolute atomic E-state index is 2.60. The Kier molecular flexibility index (Phi) is 3.52. The van der Waals surface area contributed by atoms with Crippen molar-refractivity contribution in [1.29, 1.82) is 0 Å². The number of benzene rings is 1. The smallest absolute Gasteiger partial charge is 0.00441 e. The zero-order valence-electron chi connectivity index (χ0n) is 12.4. The van der Waals surface area contributed by atoms with Crippen LogP contribution in [0.1, 0.15) is 63.5 Å². The van der Waals surface area contributed by atoms with Gasteiger partial charge in [-0.05, 0) is 53.7 Å². The van der Waals surface area contributed by atoms with E-state index >= 15 is 0 Å². The lowest BCUT2D eigenvalue weighted by atomic mass is 9.68. The first-order chi connectivity index (χ1) is 9.25. The van der Waals surface area contributed by atoms with Crippen LogP contribution in [0.25, 0.3) is 5.57 Å². The van der Waals surface area contributed by atoms with E-state index in [1.165, 1.54) is 44.9 Å². The lowest BCUT2D eigenvalue weighted by Gasteiger charge is -2.36. The van der Waals surface area contributed by atoms with Crippen LogP contribution in [-0.2, 0) is 6.42 Å². The molecule has 0 nitrogen and oxygen atoms in total. The molecule has 1 aromatic rings. The highest BCUT2D eigenvalue weighted by atomic mass is 14.4. The summed E-state index contributed by atoms with van der Waals surface area (Å²) in [5.41, 5.74) is 5.34. The van der Waals surface area contributed by atoms with Gasteiger partial charge in [-0.15, -0.1) is 0 Å². The van der Waals surface area contributed by atoms with Gasteiger partial charge in [0, 0.05) is 0 Å². The minimum atomic E-state index is 0.500. The highest BCUT2D eigenvalue weighted by Gasteiger charge is 2.38.